The molecule has 1 aliphatic heterocycles. The molecule has 1 aliphatic rings. The van der Waals surface area contributed by atoms with Crippen LogP contribution in [0.3, 0.4) is 0 Å². The average Bonchev–Trinajstić information content (AvgIpc) is 3.30. The molecule has 2 aromatic carbocycles. The molecule has 6 nitrogen and oxygen atoms in total. The number of halogens is 1. The average molecular weight is 392 g/mol. The fraction of sp³-hybridized carbons (Fsp3) is 0.278. The molecule has 2 heterocycles. The number of ether oxygens (including phenoxy) is 1. The Balaban J connectivity index is 1.71. The van der Waals surface area contributed by atoms with Gasteiger partial charge in [-0.3, -0.25) is 0 Å². The van der Waals surface area contributed by atoms with Crippen molar-refractivity contribution >= 4 is 32.5 Å². The van der Waals surface area contributed by atoms with Crippen LogP contribution in [0.4, 0.5) is 0 Å². The molecular formula is C18H18ClN3O3S. The molecule has 1 atom stereocenters. The van der Waals surface area contributed by atoms with Crippen molar-refractivity contribution in [3.05, 3.63) is 53.7 Å². The second-order valence-corrected chi connectivity index (χ2v) is 8.36. The Kier molecular flexibility index (Phi) is 4.60. The monoisotopic (exact) mass is 391 g/mol. The van der Waals surface area contributed by atoms with E-state index in [4.69, 9.17) is 16.3 Å². The van der Waals surface area contributed by atoms with E-state index in [0.717, 1.165) is 23.5 Å². The molecule has 1 saturated heterocycles. The first-order valence-electron chi connectivity index (χ1n) is 8.40. The van der Waals surface area contributed by atoms with Crippen LogP contribution in [0, 0.1) is 0 Å². The largest absolute Gasteiger partial charge is 0.491 e. The minimum atomic E-state index is -3.89. The van der Waals surface area contributed by atoms with Gasteiger partial charge in [-0.25, -0.2) is 0 Å². The van der Waals surface area contributed by atoms with Gasteiger partial charge in [0.25, 0.3) is 10.0 Å². The Morgan fingerprint density at radius 3 is 2.85 bits per heavy atom. The van der Waals surface area contributed by atoms with Gasteiger partial charge in [0.15, 0.2) is 0 Å². The lowest BCUT2D eigenvalue weighted by Crippen LogP contribution is -2.28. The molecule has 26 heavy (non-hydrogen) atoms. The van der Waals surface area contributed by atoms with Gasteiger partial charge in [0.2, 0.25) is 0 Å². The summed E-state index contributed by atoms with van der Waals surface area (Å²) in [5.74, 6) is 0.622. The Labute approximate surface area is 156 Å². The van der Waals surface area contributed by atoms with E-state index in [0.29, 0.717) is 29.3 Å². The summed E-state index contributed by atoms with van der Waals surface area (Å²) < 4.78 is 32.9. The standard InChI is InChI=1S/C18H18ClN3O3S/c19-15-6-1-2-9-18(15)26(23,24)22-16-7-3-8-17(14(16)11-21-22)25-12-13-5-4-10-20-13/h1-3,6-9,11,13,20H,4-5,10,12H2. The highest BCUT2D eigenvalue weighted by atomic mass is 35.5. The summed E-state index contributed by atoms with van der Waals surface area (Å²) in [6.07, 6.45) is 3.74. The summed E-state index contributed by atoms with van der Waals surface area (Å²) in [6, 6.07) is 12.0. The minimum absolute atomic E-state index is 0.0214. The maximum atomic E-state index is 13.0. The zero-order valence-electron chi connectivity index (χ0n) is 13.9. The fourth-order valence-corrected chi connectivity index (χ4v) is 4.92. The van der Waals surface area contributed by atoms with Crippen LogP contribution in [0.1, 0.15) is 12.8 Å². The van der Waals surface area contributed by atoms with Gasteiger partial charge in [-0.2, -0.15) is 17.6 Å². The summed E-state index contributed by atoms with van der Waals surface area (Å²) in [6.45, 7) is 1.55. The molecule has 0 saturated carbocycles. The van der Waals surface area contributed by atoms with E-state index in [9.17, 15) is 8.42 Å². The molecule has 0 spiro atoms. The Bertz CT molecular complexity index is 1040. The molecular weight excluding hydrogens is 374 g/mol. The molecule has 3 aromatic rings. The van der Waals surface area contributed by atoms with E-state index >= 15 is 0 Å². The zero-order valence-corrected chi connectivity index (χ0v) is 15.5. The normalized spacial score (nSPS) is 17.7. The van der Waals surface area contributed by atoms with Crippen molar-refractivity contribution in [2.75, 3.05) is 13.2 Å². The number of rotatable bonds is 5. The smallest absolute Gasteiger partial charge is 0.285 e. The van der Waals surface area contributed by atoms with Gasteiger partial charge in [0, 0.05) is 6.04 Å². The van der Waals surface area contributed by atoms with Crippen molar-refractivity contribution in [1.29, 1.82) is 0 Å². The van der Waals surface area contributed by atoms with Crippen molar-refractivity contribution in [3.63, 3.8) is 0 Å². The third-order valence-electron chi connectivity index (χ3n) is 4.49. The quantitative estimate of drug-likeness (QED) is 0.723. The summed E-state index contributed by atoms with van der Waals surface area (Å²) >= 11 is 6.08. The third kappa shape index (κ3) is 3.06. The van der Waals surface area contributed by atoms with Gasteiger partial charge in [-0.15, -0.1) is 0 Å². The Morgan fingerprint density at radius 2 is 2.08 bits per heavy atom. The number of nitrogens with one attached hydrogen (secondary N) is 1. The predicted molar refractivity (Wildman–Crippen MR) is 100 cm³/mol. The van der Waals surface area contributed by atoms with E-state index < -0.39 is 10.0 Å². The molecule has 1 aromatic heterocycles. The van der Waals surface area contributed by atoms with Crippen LogP contribution >= 0.6 is 11.6 Å². The highest BCUT2D eigenvalue weighted by Gasteiger charge is 2.24. The fourth-order valence-electron chi connectivity index (χ4n) is 3.16. The van der Waals surface area contributed by atoms with E-state index in [1.54, 1.807) is 30.3 Å². The molecule has 8 heteroatoms. The first-order valence-corrected chi connectivity index (χ1v) is 10.2. The summed E-state index contributed by atoms with van der Waals surface area (Å²) in [7, 11) is -3.89. The molecule has 0 amide bonds. The molecule has 0 bridgehead atoms. The maximum Gasteiger partial charge on any atom is 0.285 e. The summed E-state index contributed by atoms with van der Waals surface area (Å²) in [4.78, 5) is 0.0214. The topological polar surface area (TPSA) is 73.2 Å². The van der Waals surface area contributed by atoms with Gasteiger partial charge in [-0.1, -0.05) is 29.8 Å². The lowest BCUT2D eigenvalue weighted by atomic mass is 10.2. The van der Waals surface area contributed by atoms with Crippen molar-refractivity contribution in [2.24, 2.45) is 0 Å². The lowest BCUT2D eigenvalue weighted by Gasteiger charge is -2.13. The van der Waals surface area contributed by atoms with E-state index in [1.807, 2.05) is 6.07 Å². The number of hydrogen-bond donors (Lipinski definition) is 1. The van der Waals surface area contributed by atoms with E-state index in [2.05, 4.69) is 10.4 Å². The molecule has 1 N–H and O–H groups in total. The van der Waals surface area contributed by atoms with Gasteiger partial charge >= 0.3 is 0 Å². The highest BCUT2D eigenvalue weighted by molar-refractivity contribution is 7.90. The number of nitrogens with zero attached hydrogens (tertiary/aromatic N) is 2. The molecule has 1 fully saturated rings. The number of fused-ring (bicyclic) bond motifs is 1. The van der Waals surface area contributed by atoms with Crippen LogP contribution in [0.25, 0.3) is 10.9 Å². The lowest BCUT2D eigenvalue weighted by molar-refractivity contribution is 0.280. The highest BCUT2D eigenvalue weighted by Crippen LogP contribution is 2.30. The van der Waals surface area contributed by atoms with Crippen molar-refractivity contribution < 1.29 is 13.2 Å². The van der Waals surface area contributed by atoms with Crippen LogP contribution in [-0.2, 0) is 10.0 Å². The van der Waals surface area contributed by atoms with Gasteiger partial charge in [-0.05, 0) is 43.7 Å². The van der Waals surface area contributed by atoms with E-state index in [-0.39, 0.29) is 9.92 Å². The third-order valence-corrected chi connectivity index (χ3v) is 6.59. The molecule has 4 rings (SSSR count). The summed E-state index contributed by atoms with van der Waals surface area (Å²) in [5.41, 5.74) is 0.460. The first-order chi connectivity index (χ1) is 12.6. The van der Waals surface area contributed by atoms with Crippen LogP contribution in [0.5, 0.6) is 5.75 Å². The molecule has 0 aliphatic carbocycles. The SMILES string of the molecule is O=S(=O)(c1ccccc1Cl)n1ncc2c(OCC3CCCN3)cccc21. The van der Waals surface area contributed by atoms with Crippen LogP contribution in [0.2, 0.25) is 5.02 Å². The maximum absolute atomic E-state index is 13.0. The molecule has 136 valence electrons. The second-order valence-electron chi connectivity index (χ2n) is 6.22. The van der Waals surface area contributed by atoms with Gasteiger partial charge in [0.05, 0.1) is 22.1 Å². The van der Waals surface area contributed by atoms with Gasteiger partial charge < -0.3 is 10.1 Å². The Morgan fingerprint density at radius 1 is 1.23 bits per heavy atom. The first kappa shape index (κ1) is 17.3. The zero-order chi connectivity index (χ0) is 18.1. The van der Waals surface area contributed by atoms with Crippen LogP contribution in [0.15, 0.2) is 53.6 Å². The van der Waals surface area contributed by atoms with Crippen molar-refractivity contribution in [3.8, 4) is 5.75 Å². The molecule has 0 radical (unpaired) electrons. The van der Waals surface area contributed by atoms with Crippen LogP contribution < -0.4 is 10.1 Å². The molecule has 1 unspecified atom stereocenters. The summed E-state index contributed by atoms with van der Waals surface area (Å²) in [5, 5.41) is 8.29. The second kappa shape index (κ2) is 6.90. The number of benzene rings is 2. The van der Waals surface area contributed by atoms with Crippen molar-refractivity contribution in [2.45, 2.75) is 23.8 Å². The number of aromatic nitrogens is 2. The van der Waals surface area contributed by atoms with Gasteiger partial charge in [0.1, 0.15) is 17.3 Å². The van der Waals surface area contributed by atoms with E-state index in [1.165, 1.54) is 12.3 Å². The Hall–Kier alpha value is -2.09. The number of hydrogen-bond acceptors (Lipinski definition) is 5. The van der Waals surface area contributed by atoms with Crippen molar-refractivity contribution in [1.82, 2.24) is 14.5 Å². The van der Waals surface area contributed by atoms with Crippen LogP contribution in [-0.4, -0.2) is 36.8 Å². The predicted octanol–water partition coefficient (Wildman–Crippen LogP) is 3.06. The minimum Gasteiger partial charge on any atom is -0.491 e.